The van der Waals surface area contributed by atoms with Gasteiger partial charge in [0, 0.05) is 0 Å². The lowest BCUT2D eigenvalue weighted by atomic mass is 9.76. The quantitative estimate of drug-likeness (QED) is 0.583. The molecule has 2 saturated carbocycles. The van der Waals surface area contributed by atoms with Crippen LogP contribution in [0.2, 0.25) is 0 Å². The third-order valence-corrected chi connectivity index (χ3v) is 5.72. The number of rotatable bonds is 2. The van der Waals surface area contributed by atoms with Crippen LogP contribution < -0.4 is 0 Å². The zero-order chi connectivity index (χ0) is 13.9. The monoisotopic (exact) mass is 270 g/mol. The van der Waals surface area contributed by atoms with Crippen molar-refractivity contribution in [3.8, 4) is 0 Å². The van der Waals surface area contributed by atoms with Crippen LogP contribution >= 0.6 is 0 Å². The van der Waals surface area contributed by atoms with Crippen LogP contribution in [0.25, 0.3) is 0 Å². The maximum absolute atomic E-state index is 2.50. The fourth-order valence-electron chi connectivity index (χ4n) is 4.59. The first-order valence-electron chi connectivity index (χ1n) is 8.87. The number of hydrogen-bond acceptors (Lipinski definition) is 0. The topological polar surface area (TPSA) is 0 Å². The maximum atomic E-state index is 2.50. The molecule has 0 aliphatic heterocycles. The van der Waals surface area contributed by atoms with Crippen molar-refractivity contribution in [2.75, 3.05) is 0 Å². The average molecular weight is 270 g/mol. The first-order chi connectivity index (χ1) is 9.75. The Bertz CT molecular complexity index is 406. The van der Waals surface area contributed by atoms with Crippen molar-refractivity contribution in [1.82, 2.24) is 0 Å². The predicted octanol–water partition coefficient (Wildman–Crippen LogP) is 6.40. The van der Waals surface area contributed by atoms with Gasteiger partial charge in [-0.25, -0.2) is 0 Å². The van der Waals surface area contributed by atoms with Crippen molar-refractivity contribution in [1.29, 1.82) is 0 Å². The first kappa shape index (κ1) is 14.2. The van der Waals surface area contributed by atoms with Gasteiger partial charge in [0.1, 0.15) is 0 Å². The largest absolute Gasteiger partial charge is 0.0555 e. The molecule has 0 amide bonds. The van der Waals surface area contributed by atoms with Crippen LogP contribution in [0.4, 0.5) is 0 Å². The van der Waals surface area contributed by atoms with E-state index in [-0.39, 0.29) is 0 Å². The lowest BCUT2D eigenvalue weighted by molar-refractivity contribution is 0.433. The Labute approximate surface area is 125 Å². The van der Waals surface area contributed by atoms with E-state index >= 15 is 0 Å². The molecule has 1 aromatic carbocycles. The Morgan fingerprint density at radius 2 is 1.05 bits per heavy atom. The Morgan fingerprint density at radius 1 is 0.650 bits per heavy atom. The van der Waals surface area contributed by atoms with Crippen molar-refractivity contribution in [2.24, 2.45) is 0 Å². The molecular weight excluding hydrogens is 240 g/mol. The molecule has 0 nitrogen and oxygen atoms in total. The lowest BCUT2D eigenvalue weighted by Gasteiger charge is -2.29. The van der Waals surface area contributed by atoms with Crippen molar-refractivity contribution < 1.29 is 0 Å². The van der Waals surface area contributed by atoms with E-state index in [0.717, 1.165) is 11.8 Å². The second kappa shape index (κ2) is 6.33. The van der Waals surface area contributed by atoms with Gasteiger partial charge in [-0.3, -0.25) is 0 Å². The van der Waals surface area contributed by atoms with Crippen molar-refractivity contribution >= 4 is 0 Å². The van der Waals surface area contributed by atoms with Gasteiger partial charge >= 0.3 is 0 Å². The minimum atomic E-state index is 0.853. The highest BCUT2D eigenvalue weighted by atomic mass is 14.3. The van der Waals surface area contributed by atoms with Gasteiger partial charge in [0.15, 0.2) is 0 Å². The molecule has 0 atom stereocenters. The highest BCUT2D eigenvalue weighted by Gasteiger charge is 2.23. The van der Waals surface area contributed by atoms with E-state index in [9.17, 15) is 0 Å². The summed E-state index contributed by atoms with van der Waals surface area (Å²) in [4.78, 5) is 0. The van der Waals surface area contributed by atoms with Gasteiger partial charge in [-0.2, -0.15) is 0 Å². The molecule has 110 valence electrons. The molecule has 0 N–H and O–H groups in total. The van der Waals surface area contributed by atoms with Crippen LogP contribution in [0.15, 0.2) is 12.1 Å². The van der Waals surface area contributed by atoms with Crippen LogP contribution in [-0.4, -0.2) is 0 Å². The van der Waals surface area contributed by atoms with Gasteiger partial charge in [0.05, 0.1) is 0 Å². The van der Waals surface area contributed by atoms with E-state index in [1.165, 1.54) is 69.8 Å². The minimum Gasteiger partial charge on any atom is -0.0555 e. The zero-order valence-corrected chi connectivity index (χ0v) is 13.4. The van der Waals surface area contributed by atoms with Crippen LogP contribution in [0.5, 0.6) is 0 Å². The smallest absolute Gasteiger partial charge is 0.0159 e. The van der Waals surface area contributed by atoms with E-state index < -0.39 is 0 Å². The summed E-state index contributed by atoms with van der Waals surface area (Å²) in [6.07, 6.45) is 14.4. The Hall–Kier alpha value is -0.780. The number of benzene rings is 1. The Morgan fingerprint density at radius 3 is 1.45 bits per heavy atom. The molecule has 0 saturated heterocycles. The number of aryl methyl sites for hydroxylation is 1. The van der Waals surface area contributed by atoms with Crippen molar-refractivity contribution in [3.05, 3.63) is 34.4 Å². The molecule has 0 radical (unpaired) electrons. The summed E-state index contributed by atoms with van der Waals surface area (Å²) in [6, 6.07) is 5.00. The van der Waals surface area contributed by atoms with Gasteiger partial charge in [0.2, 0.25) is 0 Å². The third kappa shape index (κ3) is 2.95. The number of hydrogen-bond donors (Lipinski definition) is 0. The maximum Gasteiger partial charge on any atom is -0.0159 e. The molecule has 0 spiro atoms. The van der Waals surface area contributed by atoms with Crippen LogP contribution in [0.3, 0.4) is 0 Å². The van der Waals surface area contributed by atoms with E-state index in [4.69, 9.17) is 0 Å². The molecular formula is C20H30. The average Bonchev–Trinajstić information content (AvgIpc) is 2.51. The summed E-state index contributed by atoms with van der Waals surface area (Å²) in [6.45, 7) is 4.71. The Kier molecular flexibility index (Phi) is 4.48. The summed E-state index contributed by atoms with van der Waals surface area (Å²) >= 11 is 0. The van der Waals surface area contributed by atoms with Crippen LogP contribution in [-0.2, 0) is 0 Å². The first-order valence-corrected chi connectivity index (χ1v) is 8.87. The molecule has 2 aliphatic rings. The standard InChI is InChI=1S/C20H30/c1-15-13-19(17-9-5-3-6-10-17)16(2)20(14-15)18-11-7-4-8-12-18/h13-14,17-18H,3-12H2,1-2H3. The second-order valence-electron chi connectivity index (χ2n) is 7.24. The predicted molar refractivity (Wildman–Crippen MR) is 87.6 cm³/mol. The fraction of sp³-hybridized carbons (Fsp3) is 0.700. The molecule has 20 heavy (non-hydrogen) atoms. The second-order valence-corrected chi connectivity index (χ2v) is 7.24. The molecule has 0 unspecified atom stereocenters. The summed E-state index contributed by atoms with van der Waals surface area (Å²) in [5.41, 5.74) is 6.54. The summed E-state index contributed by atoms with van der Waals surface area (Å²) < 4.78 is 0. The molecule has 1 aromatic rings. The van der Waals surface area contributed by atoms with Crippen molar-refractivity contribution in [2.45, 2.75) is 89.9 Å². The molecule has 0 heteroatoms. The SMILES string of the molecule is Cc1cc(C2CCCCC2)c(C)c(C2CCCCC2)c1. The molecule has 0 heterocycles. The lowest BCUT2D eigenvalue weighted by Crippen LogP contribution is -2.11. The zero-order valence-electron chi connectivity index (χ0n) is 13.4. The van der Waals surface area contributed by atoms with E-state index in [1.54, 1.807) is 16.7 Å². The molecule has 2 aliphatic carbocycles. The minimum absolute atomic E-state index is 0.853. The molecule has 0 aromatic heterocycles. The molecule has 3 rings (SSSR count). The fourth-order valence-corrected chi connectivity index (χ4v) is 4.59. The van der Waals surface area contributed by atoms with E-state index in [1.807, 2.05) is 0 Å². The van der Waals surface area contributed by atoms with Crippen LogP contribution in [0.1, 0.15) is 98.3 Å². The van der Waals surface area contributed by atoms with Crippen LogP contribution in [0, 0.1) is 13.8 Å². The third-order valence-electron chi connectivity index (χ3n) is 5.72. The summed E-state index contributed by atoms with van der Waals surface area (Å²) in [5, 5.41) is 0. The summed E-state index contributed by atoms with van der Waals surface area (Å²) in [5.74, 6) is 1.71. The van der Waals surface area contributed by atoms with Gasteiger partial charge in [0.25, 0.3) is 0 Å². The van der Waals surface area contributed by atoms with E-state index in [2.05, 4.69) is 26.0 Å². The van der Waals surface area contributed by atoms with Gasteiger partial charge < -0.3 is 0 Å². The van der Waals surface area contributed by atoms with Crippen molar-refractivity contribution in [3.63, 3.8) is 0 Å². The highest BCUT2D eigenvalue weighted by molar-refractivity contribution is 5.42. The Balaban J connectivity index is 1.91. The van der Waals surface area contributed by atoms with Gasteiger partial charge in [-0.05, 0) is 68.1 Å². The van der Waals surface area contributed by atoms with E-state index in [0.29, 0.717) is 0 Å². The van der Waals surface area contributed by atoms with Gasteiger partial charge in [-0.15, -0.1) is 0 Å². The molecule has 0 bridgehead atoms. The molecule has 2 fully saturated rings. The van der Waals surface area contributed by atoms with Gasteiger partial charge in [-0.1, -0.05) is 56.2 Å². The normalized spacial score (nSPS) is 22.1. The summed E-state index contributed by atoms with van der Waals surface area (Å²) in [7, 11) is 0. The highest BCUT2D eigenvalue weighted by Crippen LogP contribution is 2.40.